The second-order valence-corrected chi connectivity index (χ2v) is 3.75. The van der Waals surface area contributed by atoms with Crippen LogP contribution in [0.5, 0.6) is 0 Å². The van der Waals surface area contributed by atoms with E-state index in [4.69, 9.17) is 5.73 Å². The lowest BCUT2D eigenvalue weighted by Gasteiger charge is -2.11. The van der Waals surface area contributed by atoms with Crippen LogP contribution in [-0.4, -0.2) is 11.7 Å². The van der Waals surface area contributed by atoms with Crippen molar-refractivity contribution in [3.05, 3.63) is 34.6 Å². The molecule has 1 atom stereocenters. The molecule has 3 heteroatoms. The molecule has 1 aliphatic carbocycles. The molecule has 1 aliphatic rings. The van der Waals surface area contributed by atoms with Crippen LogP contribution in [0.25, 0.3) is 0 Å². The smallest absolute Gasteiger partial charge is 0.129 e. The fourth-order valence-corrected chi connectivity index (χ4v) is 2.00. The fourth-order valence-electron chi connectivity index (χ4n) is 2.00. The van der Waals surface area contributed by atoms with Crippen LogP contribution in [0.2, 0.25) is 0 Å². The zero-order valence-corrected chi connectivity index (χ0v) is 7.96. The van der Waals surface area contributed by atoms with Crippen molar-refractivity contribution in [2.24, 2.45) is 5.73 Å². The summed E-state index contributed by atoms with van der Waals surface area (Å²) >= 11 is 0. The normalized spacial score (nSPS) is 16.8. The van der Waals surface area contributed by atoms with Crippen LogP contribution < -0.4 is 5.73 Å². The second-order valence-electron chi connectivity index (χ2n) is 3.75. The highest BCUT2D eigenvalue weighted by Gasteiger charge is 2.17. The van der Waals surface area contributed by atoms with Crippen molar-refractivity contribution in [1.82, 2.24) is 0 Å². The third-order valence-electron chi connectivity index (χ3n) is 2.79. The zero-order chi connectivity index (χ0) is 10.1. The van der Waals surface area contributed by atoms with E-state index >= 15 is 0 Å². The number of hydrogen-bond acceptors (Lipinski definition) is 2. The van der Waals surface area contributed by atoms with E-state index in [0.717, 1.165) is 30.4 Å². The van der Waals surface area contributed by atoms with Gasteiger partial charge in [-0.3, -0.25) is 0 Å². The number of rotatable bonds is 2. The molecule has 2 nitrogen and oxygen atoms in total. The van der Waals surface area contributed by atoms with E-state index in [1.807, 2.05) is 0 Å². The first kappa shape index (κ1) is 9.62. The number of fused-ring (bicyclic) bond motifs is 1. The number of nitrogens with two attached hydrogens (primary N) is 1. The Morgan fingerprint density at radius 1 is 1.36 bits per heavy atom. The van der Waals surface area contributed by atoms with Gasteiger partial charge >= 0.3 is 0 Å². The van der Waals surface area contributed by atoms with Gasteiger partial charge in [-0.2, -0.15) is 0 Å². The summed E-state index contributed by atoms with van der Waals surface area (Å²) in [5.74, 6) is -0.330. The maximum absolute atomic E-state index is 13.5. The van der Waals surface area contributed by atoms with Crippen LogP contribution in [0.4, 0.5) is 4.39 Å². The molecular weight excluding hydrogens is 181 g/mol. The van der Waals surface area contributed by atoms with Crippen LogP contribution in [-0.2, 0) is 12.8 Å². The summed E-state index contributed by atoms with van der Waals surface area (Å²) in [6.07, 6.45) is 2.14. The lowest BCUT2D eigenvalue weighted by Crippen LogP contribution is -2.13. The zero-order valence-electron chi connectivity index (χ0n) is 7.96. The molecule has 76 valence electrons. The highest BCUT2D eigenvalue weighted by molar-refractivity contribution is 5.37. The molecule has 1 unspecified atom stereocenters. The Labute approximate surface area is 82.5 Å². The Hall–Kier alpha value is -0.930. The Morgan fingerprint density at radius 3 is 2.64 bits per heavy atom. The summed E-state index contributed by atoms with van der Waals surface area (Å²) in [5, 5.41) is 9.48. The number of aliphatic hydroxyl groups is 1. The summed E-state index contributed by atoms with van der Waals surface area (Å²) in [6.45, 7) is 0.0652. The predicted octanol–water partition coefficient (Wildman–Crippen LogP) is 1.31. The van der Waals surface area contributed by atoms with E-state index in [2.05, 4.69) is 0 Å². The Kier molecular flexibility index (Phi) is 2.52. The van der Waals surface area contributed by atoms with Crippen molar-refractivity contribution in [2.45, 2.75) is 25.4 Å². The Morgan fingerprint density at radius 2 is 2.00 bits per heavy atom. The molecule has 14 heavy (non-hydrogen) atoms. The van der Waals surface area contributed by atoms with Gasteiger partial charge in [-0.05, 0) is 42.5 Å². The minimum atomic E-state index is -0.874. The van der Waals surface area contributed by atoms with Crippen molar-refractivity contribution in [1.29, 1.82) is 0 Å². The molecule has 0 aliphatic heterocycles. The molecule has 0 radical (unpaired) electrons. The highest BCUT2D eigenvalue weighted by atomic mass is 19.1. The van der Waals surface area contributed by atoms with Gasteiger partial charge in [0.2, 0.25) is 0 Å². The van der Waals surface area contributed by atoms with E-state index in [1.54, 1.807) is 6.07 Å². The van der Waals surface area contributed by atoms with Gasteiger partial charge in [0.15, 0.2) is 0 Å². The first-order valence-corrected chi connectivity index (χ1v) is 4.91. The van der Waals surface area contributed by atoms with Crippen molar-refractivity contribution in [3.8, 4) is 0 Å². The van der Waals surface area contributed by atoms with Crippen molar-refractivity contribution in [3.63, 3.8) is 0 Å². The van der Waals surface area contributed by atoms with Crippen LogP contribution in [0.1, 0.15) is 29.2 Å². The average Bonchev–Trinajstić information content (AvgIpc) is 2.62. The molecule has 0 bridgehead atoms. The number of halogens is 1. The minimum Gasteiger partial charge on any atom is -0.387 e. The van der Waals surface area contributed by atoms with Gasteiger partial charge in [-0.25, -0.2) is 4.39 Å². The molecule has 0 heterocycles. The van der Waals surface area contributed by atoms with Crippen LogP contribution in [0.3, 0.4) is 0 Å². The molecular formula is C11H14FNO. The Bertz CT molecular complexity index is 351. The SMILES string of the molecule is NCC(O)c1cc2c(cc1F)CCC2. The molecule has 0 spiro atoms. The van der Waals surface area contributed by atoms with Crippen LogP contribution in [0, 0.1) is 5.82 Å². The molecule has 3 N–H and O–H groups in total. The maximum atomic E-state index is 13.5. The molecule has 0 fully saturated rings. The second kappa shape index (κ2) is 3.67. The Balaban J connectivity index is 2.42. The predicted molar refractivity (Wildman–Crippen MR) is 52.4 cm³/mol. The van der Waals surface area contributed by atoms with E-state index in [-0.39, 0.29) is 12.4 Å². The topological polar surface area (TPSA) is 46.2 Å². The van der Waals surface area contributed by atoms with Gasteiger partial charge in [-0.15, -0.1) is 0 Å². The quantitative estimate of drug-likeness (QED) is 0.747. The summed E-state index contributed by atoms with van der Waals surface area (Å²) in [4.78, 5) is 0. The third-order valence-corrected chi connectivity index (χ3v) is 2.79. The number of aliphatic hydroxyl groups excluding tert-OH is 1. The number of hydrogen-bond donors (Lipinski definition) is 2. The standard InChI is InChI=1S/C11H14FNO/c12-10-5-8-3-1-2-7(8)4-9(10)11(14)6-13/h4-5,11,14H,1-3,6,13H2. The first-order valence-electron chi connectivity index (χ1n) is 4.91. The summed E-state index contributed by atoms with van der Waals surface area (Å²) in [7, 11) is 0. The van der Waals surface area contributed by atoms with Gasteiger partial charge in [0.1, 0.15) is 5.82 Å². The number of benzene rings is 1. The number of aryl methyl sites for hydroxylation is 2. The third kappa shape index (κ3) is 1.53. The fraction of sp³-hybridized carbons (Fsp3) is 0.455. The van der Waals surface area contributed by atoms with Gasteiger partial charge in [-0.1, -0.05) is 0 Å². The van der Waals surface area contributed by atoms with Gasteiger partial charge in [0, 0.05) is 12.1 Å². The van der Waals surface area contributed by atoms with Crippen LogP contribution in [0.15, 0.2) is 12.1 Å². The molecule has 0 saturated carbocycles. The van der Waals surface area contributed by atoms with Crippen LogP contribution >= 0.6 is 0 Å². The monoisotopic (exact) mass is 195 g/mol. The summed E-state index contributed by atoms with van der Waals surface area (Å²) < 4.78 is 13.5. The minimum absolute atomic E-state index is 0.0652. The van der Waals surface area contributed by atoms with Gasteiger partial charge in [0.25, 0.3) is 0 Å². The van der Waals surface area contributed by atoms with Gasteiger partial charge < -0.3 is 10.8 Å². The lowest BCUT2D eigenvalue weighted by atomic mass is 10.0. The molecule has 1 aromatic rings. The molecule has 2 rings (SSSR count). The van der Waals surface area contributed by atoms with Gasteiger partial charge in [0.05, 0.1) is 6.10 Å². The van der Waals surface area contributed by atoms with E-state index in [9.17, 15) is 9.50 Å². The molecule has 1 aromatic carbocycles. The molecule has 0 aromatic heterocycles. The lowest BCUT2D eigenvalue weighted by molar-refractivity contribution is 0.181. The van der Waals surface area contributed by atoms with E-state index < -0.39 is 6.10 Å². The average molecular weight is 195 g/mol. The van der Waals surface area contributed by atoms with Crippen molar-refractivity contribution >= 4 is 0 Å². The highest BCUT2D eigenvalue weighted by Crippen LogP contribution is 2.27. The van der Waals surface area contributed by atoms with Crippen molar-refractivity contribution in [2.75, 3.05) is 6.54 Å². The molecule has 0 amide bonds. The van der Waals surface area contributed by atoms with E-state index in [1.165, 1.54) is 6.07 Å². The summed E-state index contributed by atoms with van der Waals surface area (Å²) in [5.41, 5.74) is 7.88. The largest absolute Gasteiger partial charge is 0.387 e. The maximum Gasteiger partial charge on any atom is 0.129 e. The van der Waals surface area contributed by atoms with Crippen molar-refractivity contribution < 1.29 is 9.50 Å². The van der Waals surface area contributed by atoms with E-state index in [0.29, 0.717) is 5.56 Å². The summed E-state index contributed by atoms with van der Waals surface area (Å²) in [6, 6.07) is 3.30. The molecule has 0 saturated heterocycles. The first-order chi connectivity index (χ1) is 6.72.